The van der Waals surface area contributed by atoms with Gasteiger partial charge in [0, 0.05) is 25.2 Å². The molecule has 1 rings (SSSR count). The Morgan fingerprint density at radius 3 is 2.44 bits per heavy atom. The maximum absolute atomic E-state index is 4.17. The monoisotopic (exact) mass is 224 g/mol. The normalized spacial score (nSPS) is 16.8. The van der Waals surface area contributed by atoms with Crippen LogP contribution in [-0.4, -0.2) is 36.6 Å². The highest BCUT2D eigenvalue weighted by molar-refractivity contribution is 5.01. The van der Waals surface area contributed by atoms with Gasteiger partial charge in [-0.3, -0.25) is 4.90 Å². The summed E-state index contributed by atoms with van der Waals surface area (Å²) in [5, 5.41) is 3.49. The van der Waals surface area contributed by atoms with Crippen molar-refractivity contribution in [3.8, 4) is 0 Å². The van der Waals surface area contributed by atoms with E-state index in [1.165, 1.54) is 25.0 Å². The van der Waals surface area contributed by atoms with Crippen molar-refractivity contribution < 1.29 is 0 Å². The Hall–Kier alpha value is -0.340. The zero-order valence-electron chi connectivity index (χ0n) is 11.5. The van der Waals surface area contributed by atoms with Crippen LogP contribution >= 0.6 is 0 Å². The van der Waals surface area contributed by atoms with Crippen LogP contribution in [0.1, 0.15) is 40.5 Å². The summed E-state index contributed by atoms with van der Waals surface area (Å²) in [6, 6.07) is 0. The molecule has 0 radical (unpaired) electrons. The lowest BCUT2D eigenvalue weighted by Crippen LogP contribution is -2.39. The average Bonchev–Trinajstić information content (AvgIpc) is 2.96. The lowest BCUT2D eigenvalue weighted by Gasteiger charge is -2.25. The van der Waals surface area contributed by atoms with Gasteiger partial charge in [0.15, 0.2) is 0 Å². The third-order valence-electron chi connectivity index (χ3n) is 2.98. The number of nitrogens with one attached hydrogen (secondary N) is 1. The fourth-order valence-electron chi connectivity index (χ4n) is 1.73. The first-order valence-corrected chi connectivity index (χ1v) is 6.54. The minimum Gasteiger partial charge on any atom is -0.308 e. The van der Waals surface area contributed by atoms with Crippen LogP contribution in [-0.2, 0) is 0 Å². The van der Waals surface area contributed by atoms with Crippen molar-refractivity contribution in [1.82, 2.24) is 10.2 Å². The minimum absolute atomic E-state index is 0.191. The molecule has 0 aliphatic heterocycles. The predicted octanol–water partition coefficient (Wildman–Crippen LogP) is 2.66. The smallest absolute Gasteiger partial charge is 0.0202 e. The Labute approximate surface area is 101 Å². The van der Waals surface area contributed by atoms with Gasteiger partial charge in [-0.2, -0.15) is 0 Å². The summed E-state index contributed by atoms with van der Waals surface area (Å²) in [7, 11) is 0. The van der Waals surface area contributed by atoms with Crippen LogP contribution in [0, 0.1) is 5.92 Å². The molecule has 0 atom stereocenters. The Morgan fingerprint density at radius 2 is 2.00 bits per heavy atom. The van der Waals surface area contributed by atoms with Crippen molar-refractivity contribution >= 4 is 0 Å². The molecule has 1 saturated carbocycles. The molecule has 0 unspecified atom stereocenters. The van der Waals surface area contributed by atoms with Gasteiger partial charge >= 0.3 is 0 Å². The first-order valence-electron chi connectivity index (χ1n) is 6.54. The van der Waals surface area contributed by atoms with Gasteiger partial charge in [-0.25, -0.2) is 0 Å². The highest BCUT2D eigenvalue weighted by Crippen LogP contribution is 2.29. The second kappa shape index (κ2) is 5.83. The summed E-state index contributed by atoms with van der Waals surface area (Å²) in [5.74, 6) is 0.975. The Morgan fingerprint density at radius 1 is 1.38 bits per heavy atom. The summed E-state index contributed by atoms with van der Waals surface area (Å²) in [6.07, 6.45) is 2.87. The molecule has 2 heteroatoms. The van der Waals surface area contributed by atoms with E-state index in [1.807, 2.05) is 0 Å². The van der Waals surface area contributed by atoms with Crippen LogP contribution in [0.15, 0.2) is 12.2 Å². The van der Waals surface area contributed by atoms with Crippen LogP contribution in [0.3, 0.4) is 0 Å². The SMILES string of the molecule is C=C(CNC(C)(C)C)CN(CC)CC1CC1. The predicted molar refractivity (Wildman–Crippen MR) is 71.7 cm³/mol. The second-order valence-corrected chi connectivity index (χ2v) is 6.12. The minimum atomic E-state index is 0.191. The Bertz CT molecular complexity index is 223. The molecule has 94 valence electrons. The standard InChI is InChI=1S/C14H28N2/c1-6-16(11-13-7-8-13)10-12(2)9-15-14(3,4)5/h13,15H,2,6-11H2,1,3-5H3. The van der Waals surface area contributed by atoms with Crippen molar-refractivity contribution in [3.63, 3.8) is 0 Å². The largest absolute Gasteiger partial charge is 0.308 e. The van der Waals surface area contributed by atoms with Crippen molar-refractivity contribution in [1.29, 1.82) is 0 Å². The number of nitrogens with zero attached hydrogens (tertiary/aromatic N) is 1. The molecule has 0 amide bonds. The van der Waals surface area contributed by atoms with Gasteiger partial charge in [-0.1, -0.05) is 13.5 Å². The van der Waals surface area contributed by atoms with Crippen LogP contribution in [0.4, 0.5) is 0 Å². The number of likely N-dealkylation sites (N-methyl/N-ethyl adjacent to an activating group) is 1. The number of rotatable bonds is 7. The summed E-state index contributed by atoms with van der Waals surface area (Å²) >= 11 is 0. The van der Waals surface area contributed by atoms with E-state index in [0.717, 1.165) is 25.6 Å². The Balaban J connectivity index is 2.19. The van der Waals surface area contributed by atoms with Crippen LogP contribution in [0.2, 0.25) is 0 Å². The van der Waals surface area contributed by atoms with Gasteiger partial charge in [0.2, 0.25) is 0 Å². The van der Waals surface area contributed by atoms with Crippen molar-refractivity contribution in [2.75, 3.05) is 26.2 Å². The van der Waals surface area contributed by atoms with E-state index in [4.69, 9.17) is 0 Å². The molecule has 2 nitrogen and oxygen atoms in total. The maximum Gasteiger partial charge on any atom is 0.0202 e. The zero-order valence-corrected chi connectivity index (χ0v) is 11.5. The molecule has 0 saturated heterocycles. The topological polar surface area (TPSA) is 15.3 Å². The first-order chi connectivity index (χ1) is 7.40. The molecule has 0 bridgehead atoms. The average molecular weight is 224 g/mol. The van der Waals surface area contributed by atoms with E-state index in [0.29, 0.717) is 0 Å². The molecular formula is C14H28N2. The van der Waals surface area contributed by atoms with Gasteiger partial charge in [0.25, 0.3) is 0 Å². The molecule has 0 aromatic carbocycles. The van der Waals surface area contributed by atoms with Gasteiger partial charge in [0.05, 0.1) is 0 Å². The Kier molecular flexibility index (Phi) is 5.00. The van der Waals surface area contributed by atoms with E-state index in [2.05, 4.69) is 44.5 Å². The van der Waals surface area contributed by atoms with Gasteiger partial charge in [0.1, 0.15) is 0 Å². The highest BCUT2D eigenvalue weighted by atomic mass is 15.1. The van der Waals surface area contributed by atoms with Crippen LogP contribution < -0.4 is 5.32 Å². The fourth-order valence-corrected chi connectivity index (χ4v) is 1.73. The second-order valence-electron chi connectivity index (χ2n) is 6.12. The maximum atomic E-state index is 4.17. The third-order valence-corrected chi connectivity index (χ3v) is 2.98. The van der Waals surface area contributed by atoms with Crippen LogP contribution in [0.5, 0.6) is 0 Å². The molecule has 0 aromatic rings. The van der Waals surface area contributed by atoms with E-state index in [-0.39, 0.29) is 5.54 Å². The first kappa shape index (κ1) is 13.7. The highest BCUT2D eigenvalue weighted by Gasteiger charge is 2.23. The van der Waals surface area contributed by atoms with Crippen molar-refractivity contribution in [2.45, 2.75) is 46.1 Å². The molecule has 1 fully saturated rings. The molecule has 0 spiro atoms. The summed E-state index contributed by atoms with van der Waals surface area (Å²) in [5.41, 5.74) is 1.49. The van der Waals surface area contributed by atoms with Gasteiger partial charge < -0.3 is 5.32 Å². The fraction of sp³-hybridized carbons (Fsp3) is 0.857. The molecule has 1 N–H and O–H groups in total. The number of hydrogen-bond acceptors (Lipinski definition) is 2. The van der Waals surface area contributed by atoms with E-state index < -0.39 is 0 Å². The van der Waals surface area contributed by atoms with E-state index in [9.17, 15) is 0 Å². The lowest BCUT2D eigenvalue weighted by atomic mass is 10.1. The molecule has 0 aromatic heterocycles. The quantitative estimate of drug-likeness (QED) is 0.669. The van der Waals surface area contributed by atoms with Gasteiger partial charge in [-0.05, 0) is 51.6 Å². The zero-order chi connectivity index (χ0) is 12.2. The molecule has 1 aliphatic rings. The van der Waals surface area contributed by atoms with E-state index in [1.54, 1.807) is 0 Å². The third kappa shape index (κ3) is 6.29. The summed E-state index contributed by atoms with van der Waals surface area (Å²) in [4.78, 5) is 2.52. The lowest BCUT2D eigenvalue weighted by molar-refractivity contribution is 0.295. The molecular weight excluding hydrogens is 196 g/mol. The van der Waals surface area contributed by atoms with Crippen molar-refractivity contribution in [2.24, 2.45) is 5.92 Å². The molecule has 0 heterocycles. The summed E-state index contributed by atoms with van der Waals surface area (Å²) in [6.45, 7) is 17.4. The molecule has 16 heavy (non-hydrogen) atoms. The van der Waals surface area contributed by atoms with E-state index >= 15 is 0 Å². The summed E-state index contributed by atoms with van der Waals surface area (Å²) < 4.78 is 0. The van der Waals surface area contributed by atoms with Crippen molar-refractivity contribution in [3.05, 3.63) is 12.2 Å². The number of hydrogen-bond donors (Lipinski definition) is 1. The van der Waals surface area contributed by atoms with Crippen LogP contribution in [0.25, 0.3) is 0 Å². The molecule has 1 aliphatic carbocycles. The van der Waals surface area contributed by atoms with Gasteiger partial charge in [-0.15, -0.1) is 0 Å².